The second kappa shape index (κ2) is 6.22. The van der Waals surface area contributed by atoms with Gasteiger partial charge in [0.1, 0.15) is 0 Å². The van der Waals surface area contributed by atoms with E-state index in [-0.39, 0.29) is 0 Å². The first-order valence-electron chi connectivity index (χ1n) is 3.54. The van der Waals surface area contributed by atoms with Crippen molar-refractivity contribution in [3.05, 3.63) is 0 Å². The molecule has 0 unspecified atom stereocenters. The molecule has 0 aliphatic carbocycles. The average Bonchev–Trinajstić information content (AvgIpc) is 2.08. The van der Waals surface area contributed by atoms with Gasteiger partial charge in [0.2, 0.25) is 0 Å². The zero-order valence-electron chi connectivity index (χ0n) is 7.35. The van der Waals surface area contributed by atoms with Crippen molar-refractivity contribution in [2.24, 2.45) is 0 Å². The van der Waals surface area contributed by atoms with Gasteiger partial charge < -0.3 is 0 Å². The van der Waals surface area contributed by atoms with Crippen LogP contribution in [0.1, 0.15) is 12.8 Å². The Kier molecular flexibility index (Phi) is 6.61. The van der Waals surface area contributed by atoms with Crippen LogP contribution >= 0.6 is 0 Å². The van der Waals surface area contributed by atoms with Gasteiger partial charge in [0, 0.05) is 0 Å². The summed E-state index contributed by atoms with van der Waals surface area (Å²) in [5.74, 6) is -0.809. The van der Waals surface area contributed by atoms with Gasteiger partial charge in [0.25, 0.3) is 0 Å². The van der Waals surface area contributed by atoms with Crippen LogP contribution in [0.2, 0.25) is 4.44 Å². The molecule has 0 fully saturated rings. The Bertz CT molecular complexity index is 85.4. The normalized spacial score (nSPS) is 12.0. The van der Waals surface area contributed by atoms with Crippen LogP contribution in [0, 0.1) is 0 Å². The Morgan fingerprint density at radius 1 is 1.09 bits per heavy atom. The second-order valence-electron chi connectivity index (χ2n) is 2.15. The molecule has 3 radical (unpaired) electrons. The number of hydrogen-bond acceptors (Lipinski definition) is 3. The van der Waals surface area contributed by atoms with Crippen molar-refractivity contribution in [2.75, 3.05) is 21.3 Å². The molecule has 0 N–H and O–H groups in total. The van der Waals surface area contributed by atoms with Crippen molar-refractivity contribution in [3.63, 3.8) is 0 Å². The molecule has 0 saturated heterocycles. The molecule has 11 heavy (non-hydrogen) atoms. The Morgan fingerprint density at radius 3 is 1.82 bits per heavy atom. The molecule has 65 valence electrons. The minimum absolute atomic E-state index is 0.793. The fraction of sp³-hybridized carbons (Fsp3) is 1.00. The van der Waals surface area contributed by atoms with Crippen LogP contribution in [0.25, 0.3) is 0 Å². The molecule has 0 aromatic carbocycles. The van der Waals surface area contributed by atoms with Crippen LogP contribution in [-0.4, -0.2) is 49.8 Å². The van der Waals surface area contributed by atoms with E-state index in [9.17, 15) is 0 Å². The summed E-state index contributed by atoms with van der Waals surface area (Å²) >= 11 is 1.54. The van der Waals surface area contributed by atoms with E-state index in [0.29, 0.717) is 0 Å². The van der Waals surface area contributed by atoms with Crippen LogP contribution in [-0.2, 0) is 14.2 Å². The fourth-order valence-corrected chi connectivity index (χ4v) is 1.37. The first-order chi connectivity index (χ1) is 5.24. The molecule has 0 bridgehead atoms. The first-order valence-corrected chi connectivity index (χ1v) is 5.56. The minimum atomic E-state index is -0.809. The van der Waals surface area contributed by atoms with Crippen molar-refractivity contribution < 1.29 is 14.2 Å². The molecular formula is C7H15O3Sn. The van der Waals surface area contributed by atoms with E-state index in [1.807, 2.05) is 0 Å². The summed E-state index contributed by atoms with van der Waals surface area (Å²) in [5.41, 5.74) is 0. The number of hydrogen-bond donors (Lipinski definition) is 0. The van der Waals surface area contributed by atoms with Crippen LogP contribution in [0.4, 0.5) is 0 Å². The third kappa shape index (κ3) is 3.73. The van der Waals surface area contributed by atoms with Gasteiger partial charge in [-0.05, 0) is 0 Å². The topological polar surface area (TPSA) is 27.7 Å². The Labute approximate surface area is 81.5 Å². The van der Waals surface area contributed by atoms with Gasteiger partial charge in [-0.2, -0.15) is 0 Å². The third-order valence-corrected chi connectivity index (χ3v) is 2.60. The molecule has 0 atom stereocenters. The summed E-state index contributed by atoms with van der Waals surface area (Å²) in [6.07, 6.45) is 1.87. The number of methoxy groups -OCH3 is 3. The van der Waals surface area contributed by atoms with E-state index in [1.54, 1.807) is 21.3 Å². The molecule has 0 aromatic heterocycles. The predicted molar refractivity (Wildman–Crippen MR) is 43.6 cm³/mol. The molecule has 0 spiro atoms. The molecule has 0 amide bonds. The molecule has 0 aromatic rings. The van der Waals surface area contributed by atoms with E-state index in [4.69, 9.17) is 14.2 Å². The zero-order valence-corrected chi connectivity index (χ0v) is 10.2. The van der Waals surface area contributed by atoms with Gasteiger partial charge in [-0.1, -0.05) is 0 Å². The maximum atomic E-state index is 5.10. The van der Waals surface area contributed by atoms with Crippen molar-refractivity contribution in [1.82, 2.24) is 0 Å². The standard InChI is InChI=1S/C7H15O3.Sn/c1-5-6-7(8-2,9-3)10-4;/h1,5-6H2,2-4H3;. The van der Waals surface area contributed by atoms with Crippen LogP contribution in [0.15, 0.2) is 0 Å². The molecule has 0 aliphatic rings. The van der Waals surface area contributed by atoms with Crippen molar-refractivity contribution in [2.45, 2.75) is 23.3 Å². The molecule has 0 aliphatic heterocycles. The Hall–Kier alpha value is 0.679. The van der Waals surface area contributed by atoms with Gasteiger partial charge in [-0.25, -0.2) is 0 Å². The fourth-order valence-electron chi connectivity index (χ4n) is 0.861. The average molecular weight is 266 g/mol. The molecule has 0 heterocycles. The van der Waals surface area contributed by atoms with Crippen molar-refractivity contribution in [1.29, 1.82) is 0 Å². The Morgan fingerprint density at radius 2 is 1.55 bits per heavy atom. The zero-order chi connectivity index (χ0) is 8.74. The first kappa shape index (κ1) is 11.7. The van der Waals surface area contributed by atoms with Crippen LogP contribution in [0.5, 0.6) is 0 Å². The maximum absolute atomic E-state index is 5.10. The third-order valence-electron chi connectivity index (χ3n) is 1.59. The second-order valence-corrected chi connectivity index (χ2v) is 3.58. The van der Waals surface area contributed by atoms with Gasteiger partial charge in [0.15, 0.2) is 0 Å². The van der Waals surface area contributed by atoms with E-state index < -0.39 is 5.97 Å². The summed E-state index contributed by atoms with van der Waals surface area (Å²) in [4.78, 5) is 0. The summed E-state index contributed by atoms with van der Waals surface area (Å²) in [6.45, 7) is 0. The SMILES string of the molecule is COC(CC[CH2][Sn])(OC)OC. The van der Waals surface area contributed by atoms with Crippen LogP contribution < -0.4 is 0 Å². The summed E-state index contributed by atoms with van der Waals surface area (Å²) in [6, 6.07) is 0. The van der Waals surface area contributed by atoms with Gasteiger partial charge >= 0.3 is 81.3 Å². The molecule has 0 saturated carbocycles. The van der Waals surface area contributed by atoms with Crippen molar-refractivity contribution in [3.8, 4) is 0 Å². The van der Waals surface area contributed by atoms with E-state index in [0.717, 1.165) is 12.8 Å². The summed E-state index contributed by atoms with van der Waals surface area (Å²) in [5, 5.41) is 0. The predicted octanol–water partition coefficient (Wildman–Crippen LogP) is 0.946. The molecule has 0 rings (SSSR count). The van der Waals surface area contributed by atoms with Crippen molar-refractivity contribution >= 4 is 22.5 Å². The Balaban J connectivity index is 3.84. The molecule has 4 heteroatoms. The van der Waals surface area contributed by atoms with E-state index >= 15 is 0 Å². The number of rotatable bonds is 6. The van der Waals surface area contributed by atoms with E-state index in [2.05, 4.69) is 0 Å². The summed E-state index contributed by atoms with van der Waals surface area (Å²) in [7, 11) is 4.78. The van der Waals surface area contributed by atoms with E-state index in [1.165, 1.54) is 27.0 Å². The monoisotopic (exact) mass is 267 g/mol. The van der Waals surface area contributed by atoms with Crippen LogP contribution in [0.3, 0.4) is 0 Å². The van der Waals surface area contributed by atoms with Gasteiger partial charge in [0.05, 0.1) is 0 Å². The summed E-state index contributed by atoms with van der Waals surface area (Å²) < 4.78 is 16.5. The quantitative estimate of drug-likeness (QED) is 0.529. The molecule has 3 nitrogen and oxygen atoms in total. The van der Waals surface area contributed by atoms with Gasteiger partial charge in [-0.3, -0.25) is 0 Å². The van der Waals surface area contributed by atoms with Gasteiger partial charge in [-0.15, -0.1) is 0 Å². The molecular weight excluding hydrogens is 251 g/mol. The number of ether oxygens (including phenoxy) is 3.